The Hall–Kier alpha value is -1.15. The summed E-state index contributed by atoms with van der Waals surface area (Å²) in [6, 6.07) is 4.04. The van der Waals surface area contributed by atoms with E-state index in [1.165, 1.54) is 12.0 Å². The maximum Gasteiger partial charge on any atom is 0.0340 e. The van der Waals surface area contributed by atoms with Crippen LogP contribution >= 0.6 is 0 Å². The van der Waals surface area contributed by atoms with Gasteiger partial charge in [-0.2, -0.15) is 0 Å². The van der Waals surface area contributed by atoms with E-state index in [0.29, 0.717) is 5.92 Å². The highest BCUT2D eigenvalue weighted by molar-refractivity contribution is 5.47. The molecule has 1 aromatic heterocycles. The maximum absolute atomic E-state index is 4.06. The Morgan fingerprint density at radius 1 is 1.54 bits per heavy atom. The quantitative estimate of drug-likeness (QED) is 0.738. The standard InChI is InChI=1S/C11H14N2/c1-2-10(8-12-6-1)3-4-11-5-7-13-9-11/h1-4,6,8,11,13H,5,7,9H2/b4-3+/t11-/m1/s1. The van der Waals surface area contributed by atoms with Gasteiger partial charge in [-0.25, -0.2) is 0 Å². The molecule has 0 spiro atoms. The average Bonchev–Trinajstić information content (AvgIpc) is 2.69. The SMILES string of the molecule is C(=C\[C@@H]1CCNC1)/c1cccnc1. The largest absolute Gasteiger partial charge is 0.316 e. The Kier molecular flexibility index (Phi) is 2.72. The zero-order valence-electron chi connectivity index (χ0n) is 7.61. The van der Waals surface area contributed by atoms with Crippen LogP contribution in [0.1, 0.15) is 12.0 Å². The smallest absolute Gasteiger partial charge is 0.0340 e. The molecular formula is C11H14N2. The molecule has 68 valence electrons. The zero-order valence-corrected chi connectivity index (χ0v) is 7.61. The minimum Gasteiger partial charge on any atom is -0.316 e. The van der Waals surface area contributed by atoms with Gasteiger partial charge in [-0.1, -0.05) is 18.2 Å². The second-order valence-corrected chi connectivity index (χ2v) is 3.40. The van der Waals surface area contributed by atoms with Crippen LogP contribution in [0.25, 0.3) is 6.08 Å². The first-order chi connectivity index (χ1) is 6.45. The lowest BCUT2D eigenvalue weighted by Crippen LogP contribution is -2.07. The lowest BCUT2D eigenvalue weighted by Gasteiger charge is -1.98. The van der Waals surface area contributed by atoms with Gasteiger partial charge in [0.2, 0.25) is 0 Å². The van der Waals surface area contributed by atoms with Gasteiger partial charge in [-0.05, 0) is 30.5 Å². The molecule has 0 unspecified atom stereocenters. The summed E-state index contributed by atoms with van der Waals surface area (Å²) in [5.74, 6) is 0.709. The van der Waals surface area contributed by atoms with E-state index in [9.17, 15) is 0 Å². The van der Waals surface area contributed by atoms with Crippen molar-refractivity contribution < 1.29 is 0 Å². The molecule has 0 aromatic carbocycles. The highest BCUT2D eigenvalue weighted by Gasteiger charge is 2.09. The Bertz CT molecular complexity index is 273. The van der Waals surface area contributed by atoms with Crippen molar-refractivity contribution in [1.82, 2.24) is 10.3 Å². The third-order valence-electron chi connectivity index (χ3n) is 2.34. The lowest BCUT2D eigenvalue weighted by atomic mass is 10.1. The molecule has 2 heteroatoms. The number of hydrogen-bond donors (Lipinski definition) is 1. The van der Waals surface area contributed by atoms with E-state index in [2.05, 4.69) is 28.5 Å². The van der Waals surface area contributed by atoms with Crippen molar-refractivity contribution in [3.8, 4) is 0 Å². The van der Waals surface area contributed by atoms with Crippen LogP contribution in [0.3, 0.4) is 0 Å². The summed E-state index contributed by atoms with van der Waals surface area (Å²) in [6.45, 7) is 2.28. The molecule has 1 aromatic rings. The maximum atomic E-state index is 4.06. The molecule has 13 heavy (non-hydrogen) atoms. The Balaban J connectivity index is 1.97. The van der Waals surface area contributed by atoms with Gasteiger partial charge in [0.1, 0.15) is 0 Å². The van der Waals surface area contributed by atoms with E-state index >= 15 is 0 Å². The molecule has 1 aliphatic heterocycles. The third kappa shape index (κ3) is 2.39. The van der Waals surface area contributed by atoms with Crippen molar-refractivity contribution in [1.29, 1.82) is 0 Å². The van der Waals surface area contributed by atoms with Crippen LogP contribution in [0, 0.1) is 5.92 Å². The molecule has 0 radical (unpaired) electrons. The molecule has 0 aliphatic carbocycles. The second kappa shape index (κ2) is 4.19. The van der Waals surface area contributed by atoms with Gasteiger partial charge in [0.15, 0.2) is 0 Å². The summed E-state index contributed by atoms with van der Waals surface area (Å²) in [7, 11) is 0. The van der Waals surface area contributed by atoms with E-state index in [4.69, 9.17) is 0 Å². The topological polar surface area (TPSA) is 24.9 Å². The minimum absolute atomic E-state index is 0.709. The minimum atomic E-state index is 0.709. The highest BCUT2D eigenvalue weighted by Crippen LogP contribution is 2.11. The lowest BCUT2D eigenvalue weighted by molar-refractivity contribution is 0.731. The summed E-state index contributed by atoms with van der Waals surface area (Å²) in [4.78, 5) is 4.06. The van der Waals surface area contributed by atoms with E-state index in [1.807, 2.05) is 12.3 Å². The van der Waals surface area contributed by atoms with E-state index in [1.54, 1.807) is 6.20 Å². The number of rotatable bonds is 2. The van der Waals surface area contributed by atoms with Crippen LogP contribution in [-0.2, 0) is 0 Å². The van der Waals surface area contributed by atoms with Crippen molar-refractivity contribution in [3.05, 3.63) is 36.2 Å². The number of hydrogen-bond acceptors (Lipinski definition) is 2. The Labute approximate surface area is 78.7 Å². The highest BCUT2D eigenvalue weighted by atomic mass is 14.9. The van der Waals surface area contributed by atoms with Crippen LogP contribution in [0.15, 0.2) is 30.6 Å². The van der Waals surface area contributed by atoms with Crippen LogP contribution in [0.2, 0.25) is 0 Å². The third-order valence-corrected chi connectivity index (χ3v) is 2.34. The molecular weight excluding hydrogens is 160 g/mol. The van der Waals surface area contributed by atoms with Crippen LogP contribution in [0.4, 0.5) is 0 Å². The average molecular weight is 174 g/mol. The zero-order chi connectivity index (χ0) is 8.93. The Morgan fingerprint density at radius 2 is 2.54 bits per heavy atom. The van der Waals surface area contributed by atoms with E-state index in [0.717, 1.165) is 13.1 Å². The first kappa shape index (κ1) is 8.45. The molecule has 0 amide bonds. The summed E-state index contributed by atoms with van der Waals surface area (Å²) < 4.78 is 0. The molecule has 2 heterocycles. The monoisotopic (exact) mass is 174 g/mol. The van der Waals surface area contributed by atoms with Gasteiger partial charge >= 0.3 is 0 Å². The van der Waals surface area contributed by atoms with Crippen molar-refractivity contribution in [2.75, 3.05) is 13.1 Å². The fourth-order valence-corrected chi connectivity index (χ4v) is 1.56. The molecule has 1 N–H and O–H groups in total. The molecule has 1 atom stereocenters. The van der Waals surface area contributed by atoms with Gasteiger partial charge in [-0.3, -0.25) is 4.98 Å². The molecule has 2 rings (SSSR count). The van der Waals surface area contributed by atoms with Crippen molar-refractivity contribution in [2.45, 2.75) is 6.42 Å². The normalized spacial score (nSPS) is 22.6. The summed E-state index contributed by atoms with van der Waals surface area (Å²) in [5.41, 5.74) is 1.19. The van der Waals surface area contributed by atoms with Gasteiger partial charge in [0, 0.05) is 18.9 Å². The molecule has 1 aliphatic rings. The van der Waals surface area contributed by atoms with Gasteiger partial charge in [0.25, 0.3) is 0 Å². The second-order valence-electron chi connectivity index (χ2n) is 3.40. The summed E-state index contributed by atoms with van der Waals surface area (Å²) in [6.07, 6.45) is 9.38. The van der Waals surface area contributed by atoms with Crippen LogP contribution < -0.4 is 5.32 Å². The molecule has 1 saturated heterocycles. The van der Waals surface area contributed by atoms with E-state index < -0.39 is 0 Å². The fourth-order valence-electron chi connectivity index (χ4n) is 1.56. The first-order valence-electron chi connectivity index (χ1n) is 4.74. The van der Waals surface area contributed by atoms with Gasteiger partial charge in [-0.15, -0.1) is 0 Å². The van der Waals surface area contributed by atoms with Gasteiger partial charge < -0.3 is 5.32 Å². The van der Waals surface area contributed by atoms with Crippen molar-refractivity contribution >= 4 is 6.08 Å². The summed E-state index contributed by atoms with van der Waals surface area (Å²) in [5, 5.41) is 3.34. The molecule has 2 nitrogen and oxygen atoms in total. The number of aromatic nitrogens is 1. The molecule has 1 fully saturated rings. The molecule has 0 saturated carbocycles. The molecule has 0 bridgehead atoms. The summed E-state index contributed by atoms with van der Waals surface area (Å²) >= 11 is 0. The number of nitrogens with one attached hydrogen (secondary N) is 1. The predicted octanol–water partition coefficient (Wildman–Crippen LogP) is 1.70. The number of nitrogens with zero attached hydrogens (tertiary/aromatic N) is 1. The Morgan fingerprint density at radius 3 is 3.23 bits per heavy atom. The van der Waals surface area contributed by atoms with Gasteiger partial charge in [0.05, 0.1) is 0 Å². The van der Waals surface area contributed by atoms with Crippen molar-refractivity contribution in [2.24, 2.45) is 5.92 Å². The van der Waals surface area contributed by atoms with Crippen LogP contribution in [-0.4, -0.2) is 18.1 Å². The van der Waals surface area contributed by atoms with Crippen molar-refractivity contribution in [3.63, 3.8) is 0 Å². The number of pyridine rings is 1. The van der Waals surface area contributed by atoms with E-state index in [-0.39, 0.29) is 0 Å². The fraction of sp³-hybridized carbons (Fsp3) is 0.364. The first-order valence-corrected chi connectivity index (χ1v) is 4.74. The predicted molar refractivity (Wildman–Crippen MR) is 54.2 cm³/mol. The van der Waals surface area contributed by atoms with Crippen LogP contribution in [0.5, 0.6) is 0 Å².